The molecule has 1 aromatic heterocycles. The average molecular weight is 283 g/mol. The minimum Gasteiger partial charge on any atom is -0.354 e. The summed E-state index contributed by atoms with van der Waals surface area (Å²) >= 11 is 0. The average Bonchev–Trinajstić information content (AvgIpc) is 2.95. The number of H-pyrrole nitrogens is 1. The molecule has 1 nitrogen and oxygen atoms in total. The van der Waals surface area contributed by atoms with Gasteiger partial charge < -0.3 is 4.98 Å². The van der Waals surface area contributed by atoms with Crippen molar-refractivity contribution in [2.45, 2.75) is 6.92 Å². The van der Waals surface area contributed by atoms with Crippen LogP contribution in [0.25, 0.3) is 39.0 Å². The lowest BCUT2D eigenvalue weighted by Gasteiger charge is -2.04. The predicted octanol–water partition coefficient (Wildman–Crippen LogP) is 6.02. The Morgan fingerprint density at radius 1 is 0.773 bits per heavy atom. The highest BCUT2D eigenvalue weighted by Crippen LogP contribution is 2.33. The molecule has 4 rings (SSSR count). The molecule has 0 radical (unpaired) electrons. The molecule has 0 fully saturated rings. The zero-order valence-electron chi connectivity index (χ0n) is 12.5. The fourth-order valence-corrected chi connectivity index (χ4v) is 3.08. The number of allylic oxidation sites excluding steroid dienone is 1. The summed E-state index contributed by atoms with van der Waals surface area (Å²) in [6.07, 6.45) is 4.18. The highest BCUT2D eigenvalue weighted by atomic mass is 14.7. The normalized spacial score (nSPS) is 11.7. The lowest BCUT2D eigenvalue weighted by atomic mass is 10.0. The van der Waals surface area contributed by atoms with Crippen molar-refractivity contribution in [3.05, 3.63) is 78.4 Å². The molecule has 4 aromatic rings. The van der Waals surface area contributed by atoms with Crippen molar-refractivity contribution < 1.29 is 0 Å². The standard InChI is InChI=1S/C21H17N/c1-2-6-15-11-13-16(14-12-15)17-8-5-9-19-18-7-3-4-10-20(18)22-21(17)19/h2-14,22H,1H3. The van der Waals surface area contributed by atoms with Gasteiger partial charge in [0.1, 0.15) is 0 Å². The van der Waals surface area contributed by atoms with E-state index >= 15 is 0 Å². The molecular weight excluding hydrogens is 266 g/mol. The fraction of sp³-hybridized carbons (Fsp3) is 0.0476. The lowest BCUT2D eigenvalue weighted by Crippen LogP contribution is -1.81. The molecule has 1 N–H and O–H groups in total. The molecule has 0 saturated heterocycles. The minimum absolute atomic E-state index is 1.19. The van der Waals surface area contributed by atoms with Crippen LogP contribution >= 0.6 is 0 Å². The highest BCUT2D eigenvalue weighted by Gasteiger charge is 2.08. The van der Waals surface area contributed by atoms with Crippen molar-refractivity contribution in [1.82, 2.24) is 4.98 Å². The van der Waals surface area contributed by atoms with Gasteiger partial charge in [-0.2, -0.15) is 0 Å². The van der Waals surface area contributed by atoms with E-state index in [2.05, 4.69) is 83.9 Å². The van der Waals surface area contributed by atoms with Crippen molar-refractivity contribution in [3.8, 4) is 11.1 Å². The smallest absolute Gasteiger partial charge is 0.0544 e. The number of hydrogen-bond acceptors (Lipinski definition) is 0. The van der Waals surface area contributed by atoms with Crippen LogP contribution in [0.2, 0.25) is 0 Å². The number of benzene rings is 3. The Morgan fingerprint density at radius 3 is 2.36 bits per heavy atom. The zero-order valence-corrected chi connectivity index (χ0v) is 12.5. The van der Waals surface area contributed by atoms with Gasteiger partial charge in [0.05, 0.1) is 5.52 Å². The van der Waals surface area contributed by atoms with Crippen LogP contribution in [0.5, 0.6) is 0 Å². The SMILES string of the molecule is CC=Cc1ccc(-c2cccc3c2[nH]c2ccccc23)cc1. The third kappa shape index (κ3) is 2.03. The number of aromatic amines is 1. The number of aromatic nitrogens is 1. The van der Waals surface area contributed by atoms with Crippen molar-refractivity contribution in [1.29, 1.82) is 0 Å². The molecule has 0 bridgehead atoms. The number of rotatable bonds is 2. The first kappa shape index (κ1) is 12.9. The van der Waals surface area contributed by atoms with Crippen LogP contribution in [0.1, 0.15) is 12.5 Å². The maximum atomic E-state index is 3.57. The molecule has 1 heteroatoms. The Balaban J connectivity index is 1.94. The predicted molar refractivity (Wildman–Crippen MR) is 95.9 cm³/mol. The van der Waals surface area contributed by atoms with Gasteiger partial charge in [-0.15, -0.1) is 0 Å². The van der Waals surface area contributed by atoms with Gasteiger partial charge in [0.15, 0.2) is 0 Å². The van der Waals surface area contributed by atoms with E-state index in [4.69, 9.17) is 0 Å². The summed E-state index contributed by atoms with van der Waals surface area (Å²) in [6.45, 7) is 2.04. The zero-order chi connectivity index (χ0) is 14.9. The molecule has 0 amide bonds. The van der Waals surface area contributed by atoms with Crippen LogP contribution in [0.4, 0.5) is 0 Å². The first-order valence-electron chi connectivity index (χ1n) is 7.59. The van der Waals surface area contributed by atoms with Gasteiger partial charge in [-0.05, 0) is 24.1 Å². The van der Waals surface area contributed by atoms with E-state index in [1.165, 1.54) is 38.5 Å². The van der Waals surface area contributed by atoms with Gasteiger partial charge in [0.2, 0.25) is 0 Å². The van der Waals surface area contributed by atoms with E-state index in [9.17, 15) is 0 Å². The largest absolute Gasteiger partial charge is 0.354 e. The molecule has 0 saturated carbocycles. The van der Waals surface area contributed by atoms with E-state index in [1.54, 1.807) is 0 Å². The van der Waals surface area contributed by atoms with Crippen molar-refractivity contribution in [2.24, 2.45) is 0 Å². The summed E-state index contributed by atoms with van der Waals surface area (Å²) in [5, 5.41) is 2.57. The van der Waals surface area contributed by atoms with E-state index < -0.39 is 0 Å². The number of hydrogen-bond donors (Lipinski definition) is 1. The molecule has 0 spiro atoms. The molecule has 0 aliphatic carbocycles. The van der Waals surface area contributed by atoms with Crippen LogP contribution in [0.15, 0.2) is 72.8 Å². The lowest BCUT2D eigenvalue weighted by molar-refractivity contribution is 1.53. The molecule has 106 valence electrons. The quantitative estimate of drug-likeness (QED) is 0.463. The van der Waals surface area contributed by atoms with Crippen LogP contribution in [0, 0.1) is 0 Å². The van der Waals surface area contributed by atoms with Gasteiger partial charge in [-0.25, -0.2) is 0 Å². The molecule has 1 heterocycles. The summed E-state index contributed by atoms with van der Waals surface area (Å²) < 4.78 is 0. The second kappa shape index (κ2) is 5.19. The Kier molecular flexibility index (Phi) is 3.05. The Labute approximate surface area is 129 Å². The molecule has 0 atom stereocenters. The van der Waals surface area contributed by atoms with E-state index in [1.807, 2.05) is 6.92 Å². The topological polar surface area (TPSA) is 15.8 Å². The third-order valence-corrected chi connectivity index (χ3v) is 4.12. The summed E-state index contributed by atoms with van der Waals surface area (Å²) in [6, 6.07) is 23.7. The van der Waals surface area contributed by atoms with E-state index in [-0.39, 0.29) is 0 Å². The minimum atomic E-state index is 1.19. The maximum absolute atomic E-state index is 3.57. The van der Waals surface area contributed by atoms with Crippen LogP contribution in [-0.2, 0) is 0 Å². The summed E-state index contributed by atoms with van der Waals surface area (Å²) in [5.41, 5.74) is 6.12. The monoisotopic (exact) mass is 283 g/mol. The van der Waals surface area contributed by atoms with Crippen LogP contribution in [-0.4, -0.2) is 4.98 Å². The second-order valence-electron chi connectivity index (χ2n) is 5.52. The first-order valence-corrected chi connectivity index (χ1v) is 7.59. The Morgan fingerprint density at radius 2 is 1.55 bits per heavy atom. The van der Waals surface area contributed by atoms with E-state index in [0.29, 0.717) is 0 Å². The van der Waals surface area contributed by atoms with E-state index in [0.717, 1.165) is 0 Å². The summed E-state index contributed by atoms with van der Waals surface area (Å²) in [7, 11) is 0. The molecule has 0 aliphatic heterocycles. The number of nitrogens with one attached hydrogen (secondary N) is 1. The first-order chi connectivity index (χ1) is 10.9. The van der Waals surface area contributed by atoms with Crippen LogP contribution in [0.3, 0.4) is 0 Å². The van der Waals surface area contributed by atoms with Gasteiger partial charge in [-0.3, -0.25) is 0 Å². The Hall–Kier alpha value is -2.80. The van der Waals surface area contributed by atoms with Crippen molar-refractivity contribution in [3.63, 3.8) is 0 Å². The second-order valence-corrected chi connectivity index (χ2v) is 5.52. The van der Waals surface area contributed by atoms with Crippen LogP contribution < -0.4 is 0 Å². The number of fused-ring (bicyclic) bond motifs is 3. The fourth-order valence-electron chi connectivity index (χ4n) is 3.08. The maximum Gasteiger partial charge on any atom is 0.0544 e. The molecule has 22 heavy (non-hydrogen) atoms. The molecular formula is C21H17N. The summed E-state index contributed by atoms with van der Waals surface area (Å²) in [4.78, 5) is 3.57. The molecule has 0 unspecified atom stereocenters. The molecule has 3 aromatic carbocycles. The summed E-state index contributed by atoms with van der Waals surface area (Å²) in [5.74, 6) is 0. The highest BCUT2D eigenvalue weighted by molar-refractivity contribution is 6.11. The van der Waals surface area contributed by atoms with Gasteiger partial charge in [0.25, 0.3) is 0 Å². The van der Waals surface area contributed by atoms with Crippen molar-refractivity contribution >= 4 is 27.9 Å². The Bertz CT molecular complexity index is 972. The third-order valence-electron chi connectivity index (χ3n) is 4.12. The van der Waals surface area contributed by atoms with Gasteiger partial charge >= 0.3 is 0 Å². The number of para-hydroxylation sites is 2. The molecule has 0 aliphatic rings. The van der Waals surface area contributed by atoms with Gasteiger partial charge in [0, 0.05) is 21.9 Å². The van der Waals surface area contributed by atoms with Crippen molar-refractivity contribution in [2.75, 3.05) is 0 Å². The van der Waals surface area contributed by atoms with Gasteiger partial charge in [-0.1, -0.05) is 72.8 Å².